The van der Waals surface area contributed by atoms with E-state index in [-0.39, 0.29) is 0 Å². The molecule has 0 saturated heterocycles. The molecule has 0 unspecified atom stereocenters. The summed E-state index contributed by atoms with van der Waals surface area (Å²) in [5.41, 5.74) is 8.29. The molecule has 1 heterocycles. The van der Waals surface area contributed by atoms with Crippen LogP contribution in [0, 0.1) is 0 Å². The SMILES string of the molecule is CSc1ccccc1-c1nc(-c2ccccc2N)no1. The molecule has 0 aliphatic heterocycles. The first-order valence-corrected chi connectivity index (χ1v) is 7.34. The zero-order chi connectivity index (χ0) is 13.9. The van der Waals surface area contributed by atoms with Crippen molar-refractivity contribution in [1.82, 2.24) is 10.1 Å². The molecule has 20 heavy (non-hydrogen) atoms. The maximum atomic E-state index is 5.93. The molecular formula is C15H13N3OS. The van der Waals surface area contributed by atoms with Crippen LogP contribution < -0.4 is 5.73 Å². The van der Waals surface area contributed by atoms with E-state index in [0.717, 1.165) is 16.0 Å². The molecule has 3 aromatic rings. The number of aromatic nitrogens is 2. The van der Waals surface area contributed by atoms with Crippen LogP contribution >= 0.6 is 11.8 Å². The molecule has 0 atom stereocenters. The molecule has 3 rings (SSSR count). The normalized spacial score (nSPS) is 10.7. The predicted octanol–water partition coefficient (Wildman–Crippen LogP) is 3.71. The number of anilines is 1. The molecule has 0 bridgehead atoms. The summed E-state index contributed by atoms with van der Waals surface area (Å²) < 4.78 is 5.37. The lowest BCUT2D eigenvalue weighted by Gasteiger charge is -2.01. The van der Waals surface area contributed by atoms with Crippen molar-refractivity contribution in [3.8, 4) is 22.8 Å². The second-order valence-electron chi connectivity index (χ2n) is 4.21. The Morgan fingerprint density at radius 3 is 2.45 bits per heavy atom. The molecule has 0 radical (unpaired) electrons. The third kappa shape index (κ3) is 2.28. The highest BCUT2D eigenvalue weighted by Gasteiger charge is 2.14. The Labute approximate surface area is 121 Å². The van der Waals surface area contributed by atoms with E-state index in [1.165, 1.54) is 0 Å². The van der Waals surface area contributed by atoms with Gasteiger partial charge in [-0.05, 0) is 30.5 Å². The summed E-state index contributed by atoms with van der Waals surface area (Å²) in [6.45, 7) is 0. The van der Waals surface area contributed by atoms with Crippen LogP contribution in [-0.4, -0.2) is 16.4 Å². The Hall–Kier alpha value is -2.27. The fourth-order valence-corrected chi connectivity index (χ4v) is 2.55. The van der Waals surface area contributed by atoms with E-state index in [2.05, 4.69) is 10.1 Å². The van der Waals surface area contributed by atoms with E-state index in [0.29, 0.717) is 17.4 Å². The Morgan fingerprint density at radius 2 is 1.70 bits per heavy atom. The monoisotopic (exact) mass is 283 g/mol. The van der Waals surface area contributed by atoms with Crippen LogP contribution in [0.4, 0.5) is 5.69 Å². The van der Waals surface area contributed by atoms with Crippen molar-refractivity contribution in [1.29, 1.82) is 0 Å². The highest BCUT2D eigenvalue weighted by atomic mass is 32.2. The van der Waals surface area contributed by atoms with Gasteiger partial charge in [0.1, 0.15) is 0 Å². The van der Waals surface area contributed by atoms with Gasteiger partial charge in [0.05, 0.1) is 5.56 Å². The fraction of sp³-hybridized carbons (Fsp3) is 0.0667. The van der Waals surface area contributed by atoms with Crippen LogP contribution in [-0.2, 0) is 0 Å². The first-order valence-electron chi connectivity index (χ1n) is 6.11. The third-order valence-corrected chi connectivity index (χ3v) is 3.76. The van der Waals surface area contributed by atoms with Crippen molar-refractivity contribution in [2.75, 3.05) is 12.0 Å². The van der Waals surface area contributed by atoms with E-state index in [9.17, 15) is 0 Å². The maximum Gasteiger partial charge on any atom is 0.259 e. The summed E-state index contributed by atoms with van der Waals surface area (Å²) in [4.78, 5) is 5.55. The van der Waals surface area contributed by atoms with Crippen molar-refractivity contribution in [2.24, 2.45) is 0 Å². The van der Waals surface area contributed by atoms with Crippen molar-refractivity contribution in [3.63, 3.8) is 0 Å². The molecule has 0 amide bonds. The Kier molecular flexibility index (Phi) is 3.43. The lowest BCUT2D eigenvalue weighted by molar-refractivity contribution is 0.431. The molecule has 4 nitrogen and oxygen atoms in total. The molecule has 2 N–H and O–H groups in total. The molecule has 5 heteroatoms. The molecule has 1 aromatic heterocycles. The van der Waals surface area contributed by atoms with Crippen molar-refractivity contribution >= 4 is 17.4 Å². The molecule has 100 valence electrons. The van der Waals surface area contributed by atoms with Gasteiger partial charge in [0, 0.05) is 16.1 Å². The number of thioether (sulfide) groups is 1. The minimum atomic E-state index is 0.508. The lowest BCUT2D eigenvalue weighted by atomic mass is 10.1. The topological polar surface area (TPSA) is 64.9 Å². The summed E-state index contributed by atoms with van der Waals surface area (Å²) in [5, 5.41) is 4.02. The highest BCUT2D eigenvalue weighted by molar-refractivity contribution is 7.98. The van der Waals surface area contributed by atoms with Crippen LogP contribution in [0.3, 0.4) is 0 Å². The number of hydrogen-bond acceptors (Lipinski definition) is 5. The largest absolute Gasteiger partial charge is 0.398 e. The van der Waals surface area contributed by atoms with E-state index in [1.807, 2.05) is 54.8 Å². The van der Waals surface area contributed by atoms with E-state index in [4.69, 9.17) is 10.3 Å². The van der Waals surface area contributed by atoms with Crippen LogP contribution in [0.15, 0.2) is 57.9 Å². The number of nitrogen functional groups attached to an aromatic ring is 1. The van der Waals surface area contributed by atoms with Gasteiger partial charge in [-0.1, -0.05) is 29.4 Å². The van der Waals surface area contributed by atoms with Crippen LogP contribution in [0.1, 0.15) is 0 Å². The van der Waals surface area contributed by atoms with Gasteiger partial charge in [0.15, 0.2) is 0 Å². The lowest BCUT2D eigenvalue weighted by Crippen LogP contribution is -1.90. The number of rotatable bonds is 3. The Morgan fingerprint density at radius 1 is 1.00 bits per heavy atom. The van der Waals surface area contributed by atoms with Gasteiger partial charge in [0.25, 0.3) is 5.89 Å². The average molecular weight is 283 g/mol. The highest BCUT2D eigenvalue weighted by Crippen LogP contribution is 2.31. The van der Waals surface area contributed by atoms with Gasteiger partial charge >= 0.3 is 0 Å². The minimum absolute atomic E-state index is 0.508. The number of para-hydroxylation sites is 1. The zero-order valence-corrected chi connectivity index (χ0v) is 11.7. The summed E-state index contributed by atoms with van der Waals surface area (Å²) in [7, 11) is 0. The second kappa shape index (κ2) is 5.38. The maximum absolute atomic E-state index is 5.93. The standard InChI is InChI=1S/C15H13N3OS/c1-20-13-9-5-3-7-11(13)15-17-14(18-19-15)10-6-2-4-8-12(10)16/h2-9H,16H2,1H3. The Bertz CT molecular complexity index is 739. The summed E-state index contributed by atoms with van der Waals surface area (Å²) >= 11 is 1.65. The summed E-state index contributed by atoms with van der Waals surface area (Å²) in [6.07, 6.45) is 2.02. The van der Waals surface area contributed by atoms with Gasteiger partial charge in [-0.3, -0.25) is 0 Å². The minimum Gasteiger partial charge on any atom is -0.398 e. The number of hydrogen-bond donors (Lipinski definition) is 1. The average Bonchev–Trinajstić information content (AvgIpc) is 2.97. The smallest absolute Gasteiger partial charge is 0.259 e. The van der Waals surface area contributed by atoms with Crippen LogP contribution in [0.25, 0.3) is 22.8 Å². The summed E-state index contributed by atoms with van der Waals surface area (Å²) in [6, 6.07) is 15.4. The third-order valence-electron chi connectivity index (χ3n) is 2.97. The molecule has 2 aromatic carbocycles. The first kappa shape index (κ1) is 12.7. The van der Waals surface area contributed by atoms with E-state index < -0.39 is 0 Å². The van der Waals surface area contributed by atoms with Gasteiger partial charge in [-0.15, -0.1) is 11.8 Å². The molecule has 0 aliphatic carbocycles. The number of nitrogens with zero attached hydrogens (tertiary/aromatic N) is 2. The second-order valence-corrected chi connectivity index (χ2v) is 5.06. The van der Waals surface area contributed by atoms with Crippen molar-refractivity contribution in [3.05, 3.63) is 48.5 Å². The van der Waals surface area contributed by atoms with Gasteiger partial charge in [0.2, 0.25) is 5.82 Å². The fourth-order valence-electron chi connectivity index (χ4n) is 1.96. The quantitative estimate of drug-likeness (QED) is 0.586. The molecule has 0 spiro atoms. The van der Waals surface area contributed by atoms with Gasteiger partial charge in [-0.25, -0.2) is 0 Å². The van der Waals surface area contributed by atoms with Crippen LogP contribution in [0.5, 0.6) is 0 Å². The number of nitrogens with two attached hydrogens (primary N) is 1. The summed E-state index contributed by atoms with van der Waals surface area (Å²) in [5.74, 6) is 1.02. The first-order chi connectivity index (χ1) is 9.79. The van der Waals surface area contributed by atoms with Gasteiger partial charge in [-0.2, -0.15) is 4.98 Å². The zero-order valence-electron chi connectivity index (χ0n) is 10.9. The molecule has 0 fully saturated rings. The molecular weight excluding hydrogens is 270 g/mol. The number of benzene rings is 2. The molecule has 0 saturated carbocycles. The predicted molar refractivity (Wildman–Crippen MR) is 81.4 cm³/mol. The van der Waals surface area contributed by atoms with Crippen molar-refractivity contribution < 1.29 is 4.52 Å². The van der Waals surface area contributed by atoms with Crippen molar-refractivity contribution in [2.45, 2.75) is 4.90 Å². The Balaban J connectivity index is 2.05. The van der Waals surface area contributed by atoms with E-state index in [1.54, 1.807) is 11.8 Å². The van der Waals surface area contributed by atoms with E-state index >= 15 is 0 Å². The molecule has 0 aliphatic rings. The van der Waals surface area contributed by atoms with Crippen LogP contribution in [0.2, 0.25) is 0 Å². The van der Waals surface area contributed by atoms with Gasteiger partial charge < -0.3 is 10.3 Å².